The molecule has 0 radical (unpaired) electrons. The standard InChI is InChI=1S/C19H22N2O7S/c1-5-9-28-12-7-6-8-21(17(12)23)10-13(22)20-16-14(18(24)26-3)11(2)15(29-16)19(25)27-4/h6-8H,5,9-10H2,1-4H3,(H,20,22). The summed E-state index contributed by atoms with van der Waals surface area (Å²) < 4.78 is 16.0. The van der Waals surface area contributed by atoms with Gasteiger partial charge in [-0.25, -0.2) is 9.59 Å². The molecule has 0 aliphatic heterocycles. The third-order valence-electron chi connectivity index (χ3n) is 3.92. The molecule has 2 rings (SSSR count). The predicted molar refractivity (Wildman–Crippen MR) is 107 cm³/mol. The predicted octanol–water partition coefficient (Wildman–Crippen LogP) is 2.22. The molecule has 0 aliphatic carbocycles. The molecule has 0 aromatic carbocycles. The van der Waals surface area contributed by atoms with Gasteiger partial charge in [-0.15, -0.1) is 11.3 Å². The lowest BCUT2D eigenvalue weighted by Gasteiger charge is -2.10. The van der Waals surface area contributed by atoms with E-state index in [4.69, 9.17) is 14.2 Å². The van der Waals surface area contributed by atoms with Crippen LogP contribution in [0.25, 0.3) is 0 Å². The molecule has 1 N–H and O–H groups in total. The Morgan fingerprint density at radius 2 is 1.86 bits per heavy atom. The minimum Gasteiger partial charge on any atom is -0.488 e. The van der Waals surface area contributed by atoms with Crippen molar-refractivity contribution in [3.63, 3.8) is 0 Å². The number of rotatable bonds is 8. The van der Waals surface area contributed by atoms with Crippen molar-refractivity contribution in [2.24, 2.45) is 0 Å². The summed E-state index contributed by atoms with van der Waals surface area (Å²) in [6, 6.07) is 3.14. The number of nitrogens with one attached hydrogen (secondary N) is 1. The second kappa shape index (κ2) is 9.87. The van der Waals surface area contributed by atoms with Crippen LogP contribution >= 0.6 is 11.3 Å². The van der Waals surface area contributed by atoms with Crippen molar-refractivity contribution in [3.05, 3.63) is 44.7 Å². The van der Waals surface area contributed by atoms with Gasteiger partial charge in [0.1, 0.15) is 16.4 Å². The van der Waals surface area contributed by atoms with Gasteiger partial charge in [0.25, 0.3) is 5.56 Å². The molecule has 0 atom stereocenters. The van der Waals surface area contributed by atoms with E-state index in [1.165, 1.54) is 31.0 Å². The minimum atomic E-state index is -0.698. The van der Waals surface area contributed by atoms with Gasteiger partial charge in [0.2, 0.25) is 5.91 Å². The van der Waals surface area contributed by atoms with Crippen molar-refractivity contribution in [1.82, 2.24) is 4.57 Å². The quantitative estimate of drug-likeness (QED) is 0.649. The largest absolute Gasteiger partial charge is 0.488 e. The summed E-state index contributed by atoms with van der Waals surface area (Å²) in [5, 5.41) is 2.72. The number of methoxy groups -OCH3 is 2. The maximum absolute atomic E-state index is 12.5. The molecular weight excluding hydrogens is 400 g/mol. The van der Waals surface area contributed by atoms with Crippen molar-refractivity contribution in [2.75, 3.05) is 26.1 Å². The fraction of sp³-hybridized carbons (Fsp3) is 0.368. The number of thiophene rings is 1. The van der Waals surface area contributed by atoms with E-state index < -0.39 is 23.4 Å². The van der Waals surface area contributed by atoms with Crippen LogP contribution in [0.1, 0.15) is 38.9 Å². The molecular formula is C19H22N2O7S. The second-order valence-electron chi connectivity index (χ2n) is 5.95. The number of carbonyl (C=O) groups is 3. The van der Waals surface area contributed by atoms with Crippen LogP contribution in [0, 0.1) is 6.92 Å². The molecule has 29 heavy (non-hydrogen) atoms. The first-order valence-electron chi connectivity index (χ1n) is 8.76. The average Bonchev–Trinajstić information content (AvgIpc) is 3.03. The molecule has 10 heteroatoms. The highest BCUT2D eigenvalue weighted by Crippen LogP contribution is 2.34. The SMILES string of the molecule is CCCOc1cccn(CC(=O)Nc2sc(C(=O)OC)c(C)c2C(=O)OC)c1=O. The van der Waals surface area contributed by atoms with Crippen molar-refractivity contribution in [1.29, 1.82) is 0 Å². The summed E-state index contributed by atoms with van der Waals surface area (Å²) in [5.74, 6) is -1.73. The molecule has 0 saturated carbocycles. The van der Waals surface area contributed by atoms with Gasteiger partial charge < -0.3 is 24.1 Å². The lowest BCUT2D eigenvalue weighted by atomic mass is 10.1. The topological polar surface area (TPSA) is 113 Å². The minimum absolute atomic E-state index is 0.0682. The van der Waals surface area contributed by atoms with Gasteiger partial charge in [0.15, 0.2) is 5.75 Å². The monoisotopic (exact) mass is 422 g/mol. The summed E-state index contributed by atoms with van der Waals surface area (Å²) in [5.41, 5.74) is -0.0309. The number of hydrogen-bond donors (Lipinski definition) is 1. The first-order valence-corrected chi connectivity index (χ1v) is 9.57. The highest BCUT2D eigenvalue weighted by Gasteiger charge is 2.26. The number of hydrogen-bond acceptors (Lipinski definition) is 8. The van der Waals surface area contributed by atoms with Crippen LogP contribution in [-0.2, 0) is 20.8 Å². The molecule has 156 valence electrons. The summed E-state index contributed by atoms with van der Waals surface area (Å²) in [6.07, 6.45) is 2.20. The smallest absolute Gasteiger partial charge is 0.348 e. The zero-order valence-electron chi connectivity index (χ0n) is 16.6. The van der Waals surface area contributed by atoms with Crippen LogP contribution in [0.5, 0.6) is 5.75 Å². The summed E-state index contributed by atoms with van der Waals surface area (Å²) in [7, 11) is 2.42. The molecule has 0 unspecified atom stereocenters. The van der Waals surface area contributed by atoms with Gasteiger partial charge >= 0.3 is 11.9 Å². The molecule has 0 aliphatic rings. The van der Waals surface area contributed by atoms with E-state index >= 15 is 0 Å². The first kappa shape index (κ1) is 22.2. The first-order chi connectivity index (χ1) is 13.8. The van der Waals surface area contributed by atoms with E-state index in [-0.39, 0.29) is 27.7 Å². The van der Waals surface area contributed by atoms with Gasteiger partial charge in [-0.2, -0.15) is 0 Å². The number of anilines is 1. The van der Waals surface area contributed by atoms with E-state index in [2.05, 4.69) is 5.32 Å². The average molecular weight is 422 g/mol. The van der Waals surface area contributed by atoms with Gasteiger partial charge in [-0.1, -0.05) is 6.92 Å². The van der Waals surface area contributed by atoms with Crippen molar-refractivity contribution >= 4 is 34.2 Å². The number of aromatic nitrogens is 1. The Morgan fingerprint density at radius 3 is 2.48 bits per heavy atom. The summed E-state index contributed by atoms with van der Waals surface area (Å²) in [6.45, 7) is 3.56. The van der Waals surface area contributed by atoms with E-state index in [0.29, 0.717) is 12.2 Å². The van der Waals surface area contributed by atoms with Gasteiger partial charge in [0.05, 0.1) is 26.4 Å². The Morgan fingerprint density at radius 1 is 1.17 bits per heavy atom. The number of ether oxygens (including phenoxy) is 3. The van der Waals surface area contributed by atoms with Crippen molar-refractivity contribution in [3.8, 4) is 5.75 Å². The second-order valence-corrected chi connectivity index (χ2v) is 6.97. The van der Waals surface area contributed by atoms with Crippen LogP contribution < -0.4 is 15.6 Å². The highest BCUT2D eigenvalue weighted by molar-refractivity contribution is 7.18. The highest BCUT2D eigenvalue weighted by atomic mass is 32.1. The molecule has 0 bridgehead atoms. The number of esters is 2. The van der Waals surface area contributed by atoms with Crippen LogP contribution in [0.4, 0.5) is 5.00 Å². The molecule has 0 spiro atoms. The Bertz CT molecular complexity index is 977. The maximum atomic E-state index is 12.5. The third-order valence-corrected chi connectivity index (χ3v) is 5.11. The normalized spacial score (nSPS) is 10.3. The van der Waals surface area contributed by atoms with Crippen molar-refractivity contribution in [2.45, 2.75) is 26.8 Å². The van der Waals surface area contributed by atoms with E-state index in [9.17, 15) is 19.2 Å². The summed E-state index contributed by atoms with van der Waals surface area (Å²) in [4.78, 5) is 49.1. The Hall–Kier alpha value is -3.14. The number of carbonyl (C=O) groups excluding carboxylic acids is 3. The zero-order chi connectivity index (χ0) is 21.6. The van der Waals surface area contributed by atoms with E-state index in [1.807, 2.05) is 6.92 Å². The zero-order valence-corrected chi connectivity index (χ0v) is 17.4. The van der Waals surface area contributed by atoms with Crippen LogP contribution in [0.15, 0.2) is 23.1 Å². The third kappa shape index (κ3) is 5.02. The van der Waals surface area contributed by atoms with Gasteiger partial charge in [-0.05, 0) is 31.0 Å². The van der Waals surface area contributed by atoms with E-state index in [0.717, 1.165) is 17.8 Å². The number of nitrogens with zero attached hydrogens (tertiary/aromatic N) is 1. The molecule has 0 saturated heterocycles. The number of pyridine rings is 1. The Kier molecular flexibility index (Phi) is 7.54. The lowest BCUT2D eigenvalue weighted by molar-refractivity contribution is -0.116. The van der Waals surface area contributed by atoms with E-state index in [1.54, 1.807) is 13.0 Å². The Labute approximate surface area is 171 Å². The Balaban J connectivity index is 2.28. The summed E-state index contributed by atoms with van der Waals surface area (Å²) >= 11 is 0.900. The fourth-order valence-corrected chi connectivity index (χ4v) is 3.65. The molecule has 2 aromatic rings. The van der Waals surface area contributed by atoms with Gasteiger partial charge in [0, 0.05) is 6.20 Å². The fourth-order valence-electron chi connectivity index (χ4n) is 2.52. The maximum Gasteiger partial charge on any atom is 0.348 e. The van der Waals surface area contributed by atoms with Crippen LogP contribution in [0.2, 0.25) is 0 Å². The molecule has 9 nitrogen and oxygen atoms in total. The van der Waals surface area contributed by atoms with Crippen LogP contribution in [0.3, 0.4) is 0 Å². The van der Waals surface area contributed by atoms with Crippen molar-refractivity contribution < 1.29 is 28.6 Å². The van der Waals surface area contributed by atoms with Gasteiger partial charge in [-0.3, -0.25) is 9.59 Å². The van der Waals surface area contributed by atoms with Crippen LogP contribution in [-0.4, -0.2) is 43.2 Å². The molecule has 1 amide bonds. The molecule has 2 heterocycles. The molecule has 0 fully saturated rings. The number of amides is 1. The molecule has 2 aromatic heterocycles. The lowest BCUT2D eigenvalue weighted by Crippen LogP contribution is -2.28.